The molecule has 0 aliphatic carbocycles. The van der Waals surface area contributed by atoms with Gasteiger partial charge in [-0.05, 0) is 37.7 Å². The van der Waals surface area contributed by atoms with Crippen LogP contribution in [-0.4, -0.2) is 17.8 Å². The van der Waals surface area contributed by atoms with Gasteiger partial charge in [0.05, 0.1) is 5.41 Å². The largest absolute Gasteiger partial charge is 0.355 e. The summed E-state index contributed by atoms with van der Waals surface area (Å²) >= 11 is 3.59. The molecule has 0 saturated carbocycles. The Bertz CT molecular complexity index is 416. The zero-order valence-electron chi connectivity index (χ0n) is 13.0. The second-order valence-electron chi connectivity index (χ2n) is 6.01. The Morgan fingerprint density at radius 2 is 1.70 bits per heavy atom. The number of benzene rings is 1. The molecule has 1 aromatic carbocycles. The molecule has 0 radical (unpaired) electrons. The molecule has 0 saturated heterocycles. The van der Waals surface area contributed by atoms with Crippen LogP contribution in [0.15, 0.2) is 30.3 Å². The van der Waals surface area contributed by atoms with E-state index in [0.29, 0.717) is 0 Å². The lowest BCUT2D eigenvalue weighted by Crippen LogP contribution is -2.45. The van der Waals surface area contributed by atoms with E-state index < -0.39 is 5.41 Å². The van der Waals surface area contributed by atoms with Gasteiger partial charge in [0.15, 0.2) is 0 Å². The quantitative estimate of drug-likeness (QED) is 0.738. The predicted molar refractivity (Wildman–Crippen MR) is 89.3 cm³/mol. The van der Waals surface area contributed by atoms with Gasteiger partial charge in [0.2, 0.25) is 5.91 Å². The molecule has 1 amide bonds. The lowest BCUT2D eigenvalue weighted by Gasteiger charge is -2.32. The minimum atomic E-state index is -0.499. The molecule has 1 rings (SSSR count). The third kappa shape index (κ3) is 3.85. The van der Waals surface area contributed by atoms with Crippen molar-refractivity contribution in [1.82, 2.24) is 5.32 Å². The van der Waals surface area contributed by atoms with Gasteiger partial charge in [0, 0.05) is 11.9 Å². The van der Waals surface area contributed by atoms with E-state index >= 15 is 0 Å². The smallest absolute Gasteiger partial charge is 0.230 e. The number of carbonyl (C=O) groups is 1. The number of amides is 1. The molecule has 0 spiro atoms. The zero-order valence-corrected chi connectivity index (χ0v) is 14.6. The van der Waals surface area contributed by atoms with Gasteiger partial charge in [-0.25, -0.2) is 0 Å². The summed E-state index contributed by atoms with van der Waals surface area (Å²) in [5.74, 6) is 0.0934. The van der Waals surface area contributed by atoms with Crippen LogP contribution in [0.5, 0.6) is 0 Å². The van der Waals surface area contributed by atoms with Crippen LogP contribution in [0.1, 0.15) is 46.1 Å². The highest BCUT2D eigenvalue weighted by molar-refractivity contribution is 9.09. The van der Waals surface area contributed by atoms with Crippen molar-refractivity contribution in [1.29, 1.82) is 0 Å². The van der Waals surface area contributed by atoms with Crippen molar-refractivity contribution in [3.8, 4) is 0 Å². The summed E-state index contributed by atoms with van der Waals surface area (Å²) in [4.78, 5) is 12.5. The second kappa shape index (κ2) is 7.26. The molecule has 2 nitrogen and oxygen atoms in total. The van der Waals surface area contributed by atoms with Gasteiger partial charge < -0.3 is 5.32 Å². The summed E-state index contributed by atoms with van der Waals surface area (Å²) in [5.41, 5.74) is 0.707. The number of carbonyl (C=O) groups excluding carboxylic acids is 1. The van der Waals surface area contributed by atoms with E-state index in [9.17, 15) is 4.79 Å². The van der Waals surface area contributed by atoms with E-state index in [1.54, 1.807) is 0 Å². The number of nitrogens with one attached hydrogen (secondary N) is 1. The predicted octanol–water partition coefficient (Wildman–Crippen LogP) is 4.28. The lowest BCUT2D eigenvalue weighted by molar-refractivity contribution is -0.126. The van der Waals surface area contributed by atoms with Crippen molar-refractivity contribution in [3.63, 3.8) is 0 Å². The van der Waals surface area contributed by atoms with Crippen molar-refractivity contribution >= 4 is 21.8 Å². The van der Waals surface area contributed by atoms with Crippen LogP contribution >= 0.6 is 15.9 Å². The number of hydrogen-bond acceptors (Lipinski definition) is 1. The Balaban J connectivity index is 2.76. The Morgan fingerprint density at radius 3 is 2.15 bits per heavy atom. The van der Waals surface area contributed by atoms with E-state index in [1.807, 2.05) is 44.2 Å². The first-order valence-corrected chi connectivity index (χ1v) is 8.44. The van der Waals surface area contributed by atoms with Crippen molar-refractivity contribution in [2.24, 2.45) is 5.41 Å². The van der Waals surface area contributed by atoms with E-state index in [4.69, 9.17) is 0 Å². The van der Waals surface area contributed by atoms with E-state index in [1.165, 1.54) is 0 Å². The summed E-state index contributed by atoms with van der Waals surface area (Å²) < 4.78 is 0. The topological polar surface area (TPSA) is 29.1 Å². The molecule has 0 heterocycles. The molecular weight excluding hydrogens is 314 g/mol. The van der Waals surface area contributed by atoms with Crippen molar-refractivity contribution < 1.29 is 4.79 Å². The summed E-state index contributed by atoms with van der Waals surface area (Å²) in [6, 6.07) is 9.95. The monoisotopic (exact) mass is 339 g/mol. The second-order valence-corrected chi connectivity index (χ2v) is 6.58. The average molecular weight is 340 g/mol. The van der Waals surface area contributed by atoms with Gasteiger partial charge in [-0.1, -0.05) is 60.1 Å². The van der Waals surface area contributed by atoms with Gasteiger partial charge >= 0.3 is 0 Å². The van der Waals surface area contributed by atoms with E-state index in [-0.39, 0.29) is 11.3 Å². The van der Waals surface area contributed by atoms with Crippen LogP contribution < -0.4 is 5.32 Å². The molecule has 20 heavy (non-hydrogen) atoms. The SMILES string of the molecule is CCC(CC)(CBr)CNC(=O)C(C)(C)c1ccccc1. The van der Waals surface area contributed by atoms with Crippen LogP contribution in [0.25, 0.3) is 0 Å². The highest BCUT2D eigenvalue weighted by atomic mass is 79.9. The maximum atomic E-state index is 12.5. The Hall–Kier alpha value is -0.830. The number of hydrogen-bond donors (Lipinski definition) is 1. The molecule has 0 unspecified atom stereocenters. The number of halogens is 1. The molecule has 0 aromatic heterocycles. The third-order valence-corrected chi connectivity index (χ3v) is 5.66. The molecule has 0 aliphatic rings. The van der Waals surface area contributed by atoms with Crippen LogP contribution in [-0.2, 0) is 10.2 Å². The van der Waals surface area contributed by atoms with Crippen LogP contribution in [0.3, 0.4) is 0 Å². The molecule has 3 heteroatoms. The highest BCUT2D eigenvalue weighted by Crippen LogP contribution is 2.29. The minimum absolute atomic E-state index is 0.0934. The van der Waals surface area contributed by atoms with Gasteiger partial charge in [-0.15, -0.1) is 0 Å². The highest BCUT2D eigenvalue weighted by Gasteiger charge is 2.32. The molecular formula is C17H26BrNO. The fraction of sp³-hybridized carbons (Fsp3) is 0.588. The van der Waals surface area contributed by atoms with Crippen LogP contribution in [0.2, 0.25) is 0 Å². The van der Waals surface area contributed by atoms with Crippen molar-refractivity contribution in [3.05, 3.63) is 35.9 Å². The number of rotatable bonds is 7. The Morgan fingerprint density at radius 1 is 1.15 bits per heavy atom. The average Bonchev–Trinajstić information content (AvgIpc) is 2.49. The molecule has 0 bridgehead atoms. The van der Waals surface area contributed by atoms with E-state index in [0.717, 1.165) is 30.3 Å². The lowest BCUT2D eigenvalue weighted by atomic mass is 9.81. The molecule has 1 aromatic rings. The Kier molecular flexibility index (Phi) is 6.25. The van der Waals surface area contributed by atoms with Gasteiger partial charge in [0.1, 0.15) is 0 Å². The van der Waals surface area contributed by atoms with E-state index in [2.05, 4.69) is 35.1 Å². The van der Waals surface area contributed by atoms with Crippen LogP contribution in [0, 0.1) is 5.41 Å². The number of alkyl halides is 1. The van der Waals surface area contributed by atoms with Crippen molar-refractivity contribution in [2.45, 2.75) is 46.0 Å². The van der Waals surface area contributed by atoms with Gasteiger partial charge in [0.25, 0.3) is 0 Å². The molecule has 1 N–H and O–H groups in total. The maximum absolute atomic E-state index is 12.5. The molecule has 0 aliphatic heterocycles. The summed E-state index contributed by atoms with van der Waals surface area (Å²) in [5, 5.41) is 4.06. The fourth-order valence-electron chi connectivity index (χ4n) is 2.21. The first-order chi connectivity index (χ1) is 9.41. The Labute approximate surface area is 131 Å². The van der Waals surface area contributed by atoms with Crippen LogP contribution in [0.4, 0.5) is 0 Å². The summed E-state index contributed by atoms with van der Waals surface area (Å²) in [6.07, 6.45) is 2.11. The van der Waals surface area contributed by atoms with Gasteiger partial charge in [-0.2, -0.15) is 0 Å². The molecule has 0 fully saturated rings. The summed E-state index contributed by atoms with van der Waals surface area (Å²) in [7, 11) is 0. The standard InChI is InChI=1S/C17H26BrNO/c1-5-17(6-2,12-18)13-19-15(20)16(3,4)14-10-8-7-9-11-14/h7-11H,5-6,12-13H2,1-4H3,(H,19,20). The van der Waals surface area contributed by atoms with Gasteiger partial charge in [-0.3, -0.25) is 4.79 Å². The molecule has 112 valence electrons. The normalized spacial score (nSPS) is 12.2. The summed E-state index contributed by atoms with van der Waals surface area (Å²) in [6.45, 7) is 9.04. The molecule has 0 atom stereocenters. The fourth-order valence-corrected chi connectivity index (χ4v) is 3.20. The minimum Gasteiger partial charge on any atom is -0.355 e. The zero-order chi connectivity index (χ0) is 15.2. The maximum Gasteiger partial charge on any atom is 0.230 e. The third-order valence-electron chi connectivity index (χ3n) is 4.47. The van der Waals surface area contributed by atoms with Crippen molar-refractivity contribution in [2.75, 3.05) is 11.9 Å². The first-order valence-electron chi connectivity index (χ1n) is 7.31. The first kappa shape index (κ1) is 17.2.